The van der Waals surface area contributed by atoms with Gasteiger partial charge in [0.15, 0.2) is 0 Å². The maximum Gasteiger partial charge on any atom is 0.255 e. The van der Waals surface area contributed by atoms with Crippen LogP contribution in [-0.2, 0) is 10.0 Å². The fourth-order valence-corrected chi connectivity index (χ4v) is 5.00. The topological polar surface area (TPSA) is 84.5 Å². The van der Waals surface area contributed by atoms with Crippen molar-refractivity contribution in [3.05, 3.63) is 52.5 Å². The van der Waals surface area contributed by atoms with Gasteiger partial charge in [0.2, 0.25) is 10.0 Å². The van der Waals surface area contributed by atoms with E-state index in [1.54, 1.807) is 18.2 Å². The summed E-state index contributed by atoms with van der Waals surface area (Å²) in [5.41, 5.74) is 0.838. The monoisotopic (exact) mass is 452 g/mol. The van der Waals surface area contributed by atoms with Crippen LogP contribution in [0.1, 0.15) is 36.0 Å². The van der Waals surface area contributed by atoms with Gasteiger partial charge < -0.3 is 10.1 Å². The van der Waals surface area contributed by atoms with Crippen molar-refractivity contribution < 1.29 is 17.9 Å². The third-order valence-electron chi connectivity index (χ3n) is 4.51. The van der Waals surface area contributed by atoms with Gasteiger partial charge in [-0.3, -0.25) is 4.79 Å². The van der Waals surface area contributed by atoms with Crippen molar-refractivity contribution in [2.75, 3.05) is 12.4 Å². The molecule has 27 heavy (non-hydrogen) atoms. The number of nitrogens with one attached hydrogen (secondary N) is 2. The number of carbonyl (C=O) groups excluding carboxylic acids is 1. The largest absolute Gasteiger partial charge is 0.495 e. The lowest BCUT2D eigenvalue weighted by Crippen LogP contribution is -2.33. The van der Waals surface area contributed by atoms with E-state index in [1.165, 1.54) is 19.2 Å². The van der Waals surface area contributed by atoms with E-state index >= 15 is 0 Å². The van der Waals surface area contributed by atoms with Crippen molar-refractivity contribution in [2.24, 2.45) is 0 Å². The van der Waals surface area contributed by atoms with Gasteiger partial charge in [-0.2, -0.15) is 0 Å². The van der Waals surface area contributed by atoms with Crippen molar-refractivity contribution in [1.29, 1.82) is 0 Å². The minimum absolute atomic E-state index is 0.0309. The summed E-state index contributed by atoms with van der Waals surface area (Å²) >= 11 is 3.37. The molecule has 2 N–H and O–H groups in total. The van der Waals surface area contributed by atoms with E-state index < -0.39 is 15.9 Å². The zero-order valence-electron chi connectivity index (χ0n) is 14.9. The Bertz CT molecular complexity index is 940. The lowest BCUT2D eigenvalue weighted by Gasteiger charge is -2.16. The van der Waals surface area contributed by atoms with Crippen LogP contribution in [0, 0.1) is 0 Å². The SMILES string of the molecule is COc1ccc(C(=O)Nc2ccccc2Br)cc1S(=O)(=O)NC1CCCC1. The van der Waals surface area contributed by atoms with E-state index in [0.717, 1.165) is 30.2 Å². The van der Waals surface area contributed by atoms with Crippen molar-refractivity contribution in [2.45, 2.75) is 36.6 Å². The van der Waals surface area contributed by atoms with Gasteiger partial charge in [0.1, 0.15) is 10.6 Å². The molecule has 1 aliphatic rings. The molecule has 0 spiro atoms. The quantitative estimate of drug-likeness (QED) is 0.694. The van der Waals surface area contributed by atoms with E-state index in [0.29, 0.717) is 5.69 Å². The van der Waals surface area contributed by atoms with Gasteiger partial charge in [0, 0.05) is 16.1 Å². The van der Waals surface area contributed by atoms with Crippen LogP contribution < -0.4 is 14.8 Å². The number of hydrogen-bond acceptors (Lipinski definition) is 4. The van der Waals surface area contributed by atoms with Crippen molar-refractivity contribution >= 4 is 37.5 Å². The van der Waals surface area contributed by atoms with E-state index in [-0.39, 0.29) is 22.3 Å². The average molecular weight is 453 g/mol. The average Bonchev–Trinajstić information content (AvgIpc) is 3.15. The first-order valence-corrected chi connectivity index (χ1v) is 10.9. The van der Waals surface area contributed by atoms with Crippen LogP contribution in [0.4, 0.5) is 5.69 Å². The van der Waals surface area contributed by atoms with Crippen LogP contribution in [0.3, 0.4) is 0 Å². The number of rotatable bonds is 6. The Balaban J connectivity index is 1.88. The second-order valence-electron chi connectivity index (χ2n) is 6.40. The highest BCUT2D eigenvalue weighted by Crippen LogP contribution is 2.28. The molecule has 6 nitrogen and oxygen atoms in total. The van der Waals surface area contributed by atoms with E-state index in [9.17, 15) is 13.2 Å². The molecular formula is C19H21BrN2O4S. The number of carbonyl (C=O) groups is 1. The van der Waals surface area contributed by atoms with E-state index in [1.807, 2.05) is 12.1 Å². The number of ether oxygens (including phenoxy) is 1. The smallest absolute Gasteiger partial charge is 0.255 e. The summed E-state index contributed by atoms with van der Waals surface area (Å²) in [5.74, 6) is -0.195. The van der Waals surface area contributed by atoms with Crippen LogP contribution in [0.25, 0.3) is 0 Å². The predicted octanol–water partition coefficient (Wildman–Crippen LogP) is 3.93. The Kier molecular flexibility index (Phi) is 6.18. The maximum atomic E-state index is 12.8. The number of sulfonamides is 1. The summed E-state index contributed by atoms with van der Waals surface area (Å²) in [6.07, 6.45) is 3.67. The molecule has 1 amide bonds. The standard InChI is InChI=1S/C19H21BrN2O4S/c1-26-17-11-10-13(19(23)21-16-9-5-4-8-15(16)20)12-18(17)27(24,25)22-14-6-2-3-7-14/h4-5,8-12,14,22H,2-3,6-7H2,1H3,(H,21,23). The zero-order chi connectivity index (χ0) is 19.4. The van der Waals surface area contributed by atoms with Gasteiger partial charge in [-0.1, -0.05) is 25.0 Å². The number of halogens is 1. The molecule has 144 valence electrons. The summed E-state index contributed by atoms with van der Waals surface area (Å²) in [7, 11) is -2.38. The highest BCUT2D eigenvalue weighted by Gasteiger charge is 2.26. The number of methoxy groups -OCH3 is 1. The van der Waals surface area contributed by atoms with Crippen molar-refractivity contribution in [1.82, 2.24) is 4.72 Å². The van der Waals surface area contributed by atoms with Crippen LogP contribution in [-0.4, -0.2) is 27.5 Å². The Labute approximate surface area is 167 Å². The highest BCUT2D eigenvalue weighted by molar-refractivity contribution is 9.10. The molecule has 0 unspecified atom stereocenters. The van der Waals surface area contributed by atoms with Gasteiger partial charge in [-0.25, -0.2) is 13.1 Å². The molecule has 8 heteroatoms. The van der Waals surface area contributed by atoms with Gasteiger partial charge in [-0.15, -0.1) is 0 Å². The molecule has 1 saturated carbocycles. The maximum absolute atomic E-state index is 12.8. The molecule has 0 aromatic heterocycles. The molecule has 2 aromatic carbocycles. The number of benzene rings is 2. The normalized spacial score (nSPS) is 14.9. The Hall–Kier alpha value is -1.90. The number of hydrogen-bond donors (Lipinski definition) is 2. The first kappa shape index (κ1) is 19.9. The van der Waals surface area contributed by atoms with Crippen LogP contribution >= 0.6 is 15.9 Å². The molecular weight excluding hydrogens is 432 g/mol. The van der Waals surface area contributed by atoms with Crippen LogP contribution in [0.15, 0.2) is 51.8 Å². The molecule has 0 atom stereocenters. The van der Waals surface area contributed by atoms with Crippen molar-refractivity contribution in [3.63, 3.8) is 0 Å². The lowest BCUT2D eigenvalue weighted by molar-refractivity contribution is 0.102. The molecule has 2 aromatic rings. The molecule has 0 saturated heterocycles. The lowest BCUT2D eigenvalue weighted by atomic mass is 10.2. The number of para-hydroxylation sites is 1. The molecule has 0 bridgehead atoms. The Morgan fingerprint density at radius 3 is 2.52 bits per heavy atom. The van der Waals surface area contributed by atoms with Gasteiger partial charge >= 0.3 is 0 Å². The fraction of sp³-hybridized carbons (Fsp3) is 0.316. The van der Waals surface area contributed by atoms with Gasteiger partial charge in [0.25, 0.3) is 5.91 Å². The summed E-state index contributed by atoms with van der Waals surface area (Å²) in [6, 6.07) is 11.5. The number of anilines is 1. The summed E-state index contributed by atoms with van der Waals surface area (Å²) in [5, 5.41) is 2.77. The van der Waals surface area contributed by atoms with Gasteiger partial charge in [0.05, 0.1) is 12.8 Å². The Morgan fingerprint density at radius 1 is 1.15 bits per heavy atom. The summed E-state index contributed by atoms with van der Waals surface area (Å²) < 4.78 is 34.3. The van der Waals surface area contributed by atoms with E-state index in [4.69, 9.17) is 4.74 Å². The third kappa shape index (κ3) is 4.69. The number of amides is 1. The Morgan fingerprint density at radius 2 is 1.85 bits per heavy atom. The minimum atomic E-state index is -3.79. The fourth-order valence-electron chi connectivity index (χ4n) is 3.11. The third-order valence-corrected chi connectivity index (χ3v) is 6.75. The molecule has 1 aliphatic carbocycles. The molecule has 3 rings (SSSR count). The zero-order valence-corrected chi connectivity index (χ0v) is 17.3. The molecule has 0 radical (unpaired) electrons. The predicted molar refractivity (Wildman–Crippen MR) is 108 cm³/mol. The first-order chi connectivity index (χ1) is 12.9. The molecule has 0 aliphatic heterocycles. The second kappa shape index (κ2) is 8.41. The first-order valence-electron chi connectivity index (χ1n) is 8.67. The highest BCUT2D eigenvalue weighted by atomic mass is 79.9. The van der Waals surface area contributed by atoms with Crippen LogP contribution in [0.5, 0.6) is 5.75 Å². The molecule has 0 heterocycles. The van der Waals surface area contributed by atoms with Crippen molar-refractivity contribution in [3.8, 4) is 5.75 Å². The van der Waals surface area contributed by atoms with E-state index in [2.05, 4.69) is 26.0 Å². The summed E-state index contributed by atoms with van der Waals surface area (Å²) in [6.45, 7) is 0. The summed E-state index contributed by atoms with van der Waals surface area (Å²) in [4.78, 5) is 12.6. The minimum Gasteiger partial charge on any atom is -0.495 e. The van der Waals surface area contributed by atoms with Gasteiger partial charge in [-0.05, 0) is 59.1 Å². The van der Waals surface area contributed by atoms with Crippen LogP contribution in [0.2, 0.25) is 0 Å². The second-order valence-corrected chi connectivity index (χ2v) is 8.94. The molecule has 1 fully saturated rings.